The number of ether oxygens (including phenoxy) is 1. The third-order valence-corrected chi connectivity index (χ3v) is 5.47. The fourth-order valence-corrected chi connectivity index (χ4v) is 3.79. The van der Waals surface area contributed by atoms with Gasteiger partial charge in [0, 0.05) is 19.0 Å². The van der Waals surface area contributed by atoms with Crippen molar-refractivity contribution in [2.45, 2.75) is 44.5 Å². The summed E-state index contributed by atoms with van der Waals surface area (Å²) in [6.07, 6.45) is -4.52. The Bertz CT molecular complexity index is 829. The molecule has 7 nitrogen and oxygen atoms in total. The molecule has 2 heterocycles. The van der Waals surface area contributed by atoms with E-state index in [0.29, 0.717) is 19.4 Å². The standard InChI is InChI=1S/C19H22F3N3O4/c1-11(29-14-8-4-3-7-13(14)19(20,21)22)15(26)25-9-5-6-12(10-25)18(2)16(27)23-17(28)24-18/h3-4,7-8,11-12H,5-6,9-10H2,1-2H3,(H2,23,24,27,28). The lowest BCUT2D eigenvalue weighted by Gasteiger charge is -2.40. The van der Waals surface area contributed by atoms with Gasteiger partial charge in [-0.1, -0.05) is 12.1 Å². The number of benzene rings is 1. The molecule has 3 unspecified atom stereocenters. The predicted molar refractivity (Wildman–Crippen MR) is 95.9 cm³/mol. The van der Waals surface area contributed by atoms with Crippen LogP contribution in [-0.4, -0.2) is 47.5 Å². The van der Waals surface area contributed by atoms with Crippen LogP contribution in [0, 0.1) is 5.92 Å². The molecule has 2 fully saturated rings. The number of likely N-dealkylation sites (tertiary alicyclic amines) is 1. The van der Waals surface area contributed by atoms with Crippen molar-refractivity contribution in [3.05, 3.63) is 29.8 Å². The topological polar surface area (TPSA) is 87.7 Å². The van der Waals surface area contributed by atoms with Gasteiger partial charge in [0.05, 0.1) is 5.56 Å². The summed E-state index contributed by atoms with van der Waals surface area (Å²) in [4.78, 5) is 38.0. The van der Waals surface area contributed by atoms with E-state index >= 15 is 0 Å². The lowest BCUT2D eigenvalue weighted by Crippen LogP contribution is -2.57. The van der Waals surface area contributed by atoms with Crippen molar-refractivity contribution in [3.63, 3.8) is 0 Å². The number of hydrogen-bond donors (Lipinski definition) is 2. The number of carbonyl (C=O) groups excluding carboxylic acids is 3. The van der Waals surface area contributed by atoms with Gasteiger partial charge < -0.3 is 15.0 Å². The highest BCUT2D eigenvalue weighted by molar-refractivity contribution is 6.07. The molecule has 2 N–H and O–H groups in total. The van der Waals surface area contributed by atoms with Crippen LogP contribution >= 0.6 is 0 Å². The van der Waals surface area contributed by atoms with Gasteiger partial charge >= 0.3 is 12.2 Å². The third kappa shape index (κ3) is 4.15. The normalized spacial score (nSPS) is 26.0. The molecule has 2 aliphatic heterocycles. The van der Waals surface area contributed by atoms with Gasteiger partial charge in [0.25, 0.3) is 11.8 Å². The van der Waals surface area contributed by atoms with Gasteiger partial charge in [-0.25, -0.2) is 4.79 Å². The van der Waals surface area contributed by atoms with Crippen LogP contribution < -0.4 is 15.4 Å². The van der Waals surface area contributed by atoms with Gasteiger partial charge in [0.1, 0.15) is 11.3 Å². The maximum Gasteiger partial charge on any atom is 0.419 e. The molecule has 2 saturated heterocycles. The lowest BCUT2D eigenvalue weighted by atomic mass is 9.80. The highest BCUT2D eigenvalue weighted by atomic mass is 19.4. The number of nitrogens with zero attached hydrogens (tertiary/aromatic N) is 1. The van der Waals surface area contributed by atoms with E-state index in [1.165, 1.54) is 30.0 Å². The predicted octanol–water partition coefficient (Wildman–Crippen LogP) is 2.31. The average Bonchev–Trinajstić information content (AvgIpc) is 2.93. The van der Waals surface area contributed by atoms with Crippen LogP contribution in [-0.2, 0) is 15.8 Å². The Kier molecular flexibility index (Phi) is 5.46. The summed E-state index contributed by atoms with van der Waals surface area (Å²) in [6.45, 7) is 3.59. The summed E-state index contributed by atoms with van der Waals surface area (Å²) in [5.41, 5.74) is -2.09. The van der Waals surface area contributed by atoms with E-state index in [4.69, 9.17) is 4.74 Å². The molecule has 1 aromatic carbocycles. The number of carbonyl (C=O) groups is 3. The minimum Gasteiger partial charge on any atom is -0.480 e. The van der Waals surface area contributed by atoms with Crippen molar-refractivity contribution in [3.8, 4) is 5.75 Å². The van der Waals surface area contributed by atoms with Crippen LogP contribution in [0.4, 0.5) is 18.0 Å². The van der Waals surface area contributed by atoms with Crippen LogP contribution in [0.2, 0.25) is 0 Å². The lowest BCUT2D eigenvalue weighted by molar-refractivity contribution is -0.145. The molecule has 0 bridgehead atoms. The van der Waals surface area contributed by atoms with Gasteiger partial charge in [-0.15, -0.1) is 0 Å². The van der Waals surface area contributed by atoms with Gasteiger partial charge in [-0.3, -0.25) is 14.9 Å². The van der Waals surface area contributed by atoms with E-state index in [2.05, 4.69) is 10.6 Å². The van der Waals surface area contributed by atoms with Crippen LogP contribution in [0.1, 0.15) is 32.3 Å². The van der Waals surface area contributed by atoms with Crippen molar-refractivity contribution in [2.75, 3.05) is 13.1 Å². The molecule has 158 valence electrons. The first-order valence-corrected chi connectivity index (χ1v) is 9.27. The Morgan fingerprint density at radius 3 is 2.62 bits per heavy atom. The number of alkyl halides is 3. The highest BCUT2D eigenvalue weighted by Crippen LogP contribution is 2.36. The number of imide groups is 1. The molecule has 0 aromatic heterocycles. The monoisotopic (exact) mass is 413 g/mol. The van der Waals surface area contributed by atoms with Crippen molar-refractivity contribution >= 4 is 17.8 Å². The van der Waals surface area contributed by atoms with Gasteiger partial charge in [-0.05, 0) is 38.8 Å². The fourth-order valence-electron chi connectivity index (χ4n) is 3.79. The van der Waals surface area contributed by atoms with Crippen LogP contribution in [0.3, 0.4) is 0 Å². The summed E-state index contributed by atoms with van der Waals surface area (Å²) in [6, 6.07) is 4.14. The first kappa shape index (κ1) is 20.9. The van der Waals surface area contributed by atoms with Crippen molar-refractivity contribution in [1.82, 2.24) is 15.5 Å². The van der Waals surface area contributed by atoms with E-state index in [-0.39, 0.29) is 12.5 Å². The summed E-state index contributed by atoms with van der Waals surface area (Å²) >= 11 is 0. The number of para-hydroxylation sites is 1. The van der Waals surface area contributed by atoms with Crippen LogP contribution in [0.5, 0.6) is 5.75 Å². The first-order valence-electron chi connectivity index (χ1n) is 9.27. The highest BCUT2D eigenvalue weighted by Gasteiger charge is 2.49. The zero-order valence-electron chi connectivity index (χ0n) is 16.0. The van der Waals surface area contributed by atoms with Gasteiger partial charge in [0.15, 0.2) is 6.10 Å². The summed E-state index contributed by atoms with van der Waals surface area (Å²) in [5.74, 6) is -1.66. The molecule has 0 saturated carbocycles. The van der Waals surface area contributed by atoms with Crippen molar-refractivity contribution < 1.29 is 32.3 Å². The average molecular weight is 413 g/mol. The second-order valence-corrected chi connectivity index (χ2v) is 7.49. The molecule has 4 amide bonds. The molecule has 1 aromatic rings. The number of halogens is 3. The minimum absolute atomic E-state index is 0.192. The summed E-state index contributed by atoms with van der Waals surface area (Å²) in [7, 11) is 0. The number of amides is 4. The molecule has 3 rings (SSSR count). The zero-order valence-corrected chi connectivity index (χ0v) is 16.0. The second-order valence-electron chi connectivity index (χ2n) is 7.49. The Labute approximate surface area is 165 Å². The Morgan fingerprint density at radius 1 is 1.31 bits per heavy atom. The number of piperidine rings is 1. The van der Waals surface area contributed by atoms with Crippen LogP contribution in [0.25, 0.3) is 0 Å². The zero-order chi connectivity index (χ0) is 21.4. The van der Waals surface area contributed by atoms with Gasteiger partial charge in [0.2, 0.25) is 0 Å². The number of nitrogens with one attached hydrogen (secondary N) is 2. The smallest absolute Gasteiger partial charge is 0.419 e. The van der Waals surface area contributed by atoms with E-state index in [1.54, 1.807) is 6.92 Å². The minimum atomic E-state index is -4.60. The molecule has 29 heavy (non-hydrogen) atoms. The summed E-state index contributed by atoms with van der Waals surface area (Å²) in [5, 5.41) is 4.81. The van der Waals surface area contributed by atoms with E-state index < -0.39 is 47.0 Å². The Hall–Kier alpha value is -2.78. The second kappa shape index (κ2) is 7.57. The quantitative estimate of drug-likeness (QED) is 0.742. The Morgan fingerprint density at radius 2 is 2.00 bits per heavy atom. The maximum atomic E-state index is 13.1. The molecule has 10 heteroatoms. The third-order valence-electron chi connectivity index (χ3n) is 5.47. The van der Waals surface area contributed by atoms with Gasteiger partial charge in [-0.2, -0.15) is 13.2 Å². The largest absolute Gasteiger partial charge is 0.480 e. The number of hydrogen-bond acceptors (Lipinski definition) is 4. The first-order chi connectivity index (χ1) is 13.5. The molecule has 3 atom stereocenters. The SMILES string of the molecule is CC(Oc1ccccc1C(F)(F)F)C(=O)N1CCCC(C2(C)NC(=O)NC2=O)C1. The van der Waals surface area contributed by atoms with Crippen molar-refractivity contribution in [2.24, 2.45) is 5.92 Å². The molecular formula is C19H22F3N3O4. The molecule has 2 aliphatic rings. The Balaban J connectivity index is 1.71. The molecular weight excluding hydrogens is 391 g/mol. The molecule has 0 spiro atoms. The van der Waals surface area contributed by atoms with Crippen molar-refractivity contribution in [1.29, 1.82) is 0 Å². The summed E-state index contributed by atoms with van der Waals surface area (Å²) < 4.78 is 44.8. The number of rotatable bonds is 4. The van der Waals surface area contributed by atoms with E-state index in [0.717, 1.165) is 6.07 Å². The maximum absolute atomic E-state index is 13.1. The molecule has 0 aliphatic carbocycles. The van der Waals surface area contributed by atoms with E-state index in [9.17, 15) is 27.6 Å². The van der Waals surface area contributed by atoms with Crippen LogP contribution in [0.15, 0.2) is 24.3 Å². The van der Waals surface area contributed by atoms with E-state index in [1.807, 2.05) is 0 Å². The number of urea groups is 1. The molecule has 0 radical (unpaired) electrons. The fraction of sp³-hybridized carbons (Fsp3) is 0.526.